The Kier molecular flexibility index (Phi) is 6.24. The van der Waals surface area contributed by atoms with Gasteiger partial charge >= 0.3 is 6.18 Å². The number of benzene rings is 1. The topological polar surface area (TPSA) is 67.2 Å². The summed E-state index contributed by atoms with van der Waals surface area (Å²) in [5.74, 6) is -0.248. The van der Waals surface area contributed by atoms with Gasteiger partial charge in [-0.15, -0.1) is 0 Å². The van der Waals surface area contributed by atoms with Crippen LogP contribution in [-0.2, 0) is 17.5 Å². The van der Waals surface area contributed by atoms with Crippen molar-refractivity contribution < 1.29 is 22.8 Å². The molecule has 6 nitrogen and oxygen atoms in total. The van der Waals surface area contributed by atoms with Gasteiger partial charge in [0.15, 0.2) is 5.69 Å². The van der Waals surface area contributed by atoms with Gasteiger partial charge in [-0.05, 0) is 38.0 Å². The zero-order valence-electron chi connectivity index (χ0n) is 16.1. The summed E-state index contributed by atoms with van der Waals surface area (Å²) >= 11 is 0. The maximum atomic E-state index is 13.0. The molecule has 0 bridgehead atoms. The first-order valence-electron chi connectivity index (χ1n) is 9.61. The highest BCUT2D eigenvalue weighted by atomic mass is 19.4. The van der Waals surface area contributed by atoms with Crippen molar-refractivity contribution in [3.05, 3.63) is 41.6 Å². The van der Waals surface area contributed by atoms with E-state index in [4.69, 9.17) is 0 Å². The van der Waals surface area contributed by atoms with Crippen molar-refractivity contribution in [3.63, 3.8) is 0 Å². The van der Waals surface area contributed by atoms with Crippen LogP contribution in [0.1, 0.15) is 42.2 Å². The number of aromatic nitrogens is 2. The van der Waals surface area contributed by atoms with Crippen LogP contribution in [0.5, 0.6) is 0 Å². The van der Waals surface area contributed by atoms with E-state index in [1.165, 1.54) is 16.8 Å². The van der Waals surface area contributed by atoms with E-state index in [1.807, 2.05) is 0 Å². The summed E-state index contributed by atoms with van der Waals surface area (Å²) in [6.07, 6.45) is -2.35. The Labute approximate surface area is 166 Å². The highest BCUT2D eigenvalue weighted by molar-refractivity contribution is 5.93. The van der Waals surface area contributed by atoms with Gasteiger partial charge in [-0.2, -0.15) is 18.3 Å². The van der Waals surface area contributed by atoms with E-state index in [0.29, 0.717) is 43.7 Å². The van der Waals surface area contributed by atoms with Gasteiger partial charge < -0.3 is 10.2 Å². The van der Waals surface area contributed by atoms with Crippen LogP contribution in [-0.4, -0.2) is 46.1 Å². The summed E-state index contributed by atoms with van der Waals surface area (Å²) in [4.78, 5) is 25.8. The number of rotatable bonds is 7. The van der Waals surface area contributed by atoms with Gasteiger partial charge in [0.1, 0.15) is 0 Å². The third-order valence-corrected chi connectivity index (χ3v) is 4.86. The Balaban J connectivity index is 1.66. The number of hydrogen-bond donors (Lipinski definition) is 1. The minimum absolute atomic E-state index is 0.142. The molecule has 0 atom stereocenters. The maximum Gasteiger partial charge on any atom is 0.416 e. The Hall–Kier alpha value is -2.84. The van der Waals surface area contributed by atoms with Crippen LogP contribution in [0.4, 0.5) is 13.2 Å². The highest BCUT2D eigenvalue weighted by Gasteiger charge is 2.30. The molecule has 3 rings (SSSR count). The molecule has 0 spiro atoms. The van der Waals surface area contributed by atoms with Gasteiger partial charge in [0, 0.05) is 38.2 Å². The number of nitrogens with one attached hydrogen (secondary N) is 1. The summed E-state index contributed by atoms with van der Waals surface area (Å²) in [5, 5.41) is 6.98. The maximum absolute atomic E-state index is 13.0. The monoisotopic (exact) mass is 408 g/mol. The standard InChI is InChI=1S/C20H23F3N4O2/c1-2-27-17(14-6-3-7-15(12-14)20(21,22)23)13-16(25-27)19(29)24-9-5-11-26-10-4-8-18(26)28/h3,6-7,12-13H,2,4-5,8-11H2,1H3,(H,24,29). The van der Waals surface area contributed by atoms with E-state index in [1.54, 1.807) is 17.9 Å². The molecule has 2 amide bonds. The van der Waals surface area contributed by atoms with E-state index in [9.17, 15) is 22.8 Å². The number of carbonyl (C=O) groups excluding carboxylic acids is 2. The number of likely N-dealkylation sites (tertiary alicyclic amines) is 1. The zero-order chi connectivity index (χ0) is 21.0. The van der Waals surface area contributed by atoms with Gasteiger partial charge in [-0.3, -0.25) is 14.3 Å². The molecule has 1 aromatic heterocycles. The molecule has 9 heteroatoms. The molecule has 0 aliphatic carbocycles. The summed E-state index contributed by atoms with van der Waals surface area (Å²) in [6, 6.07) is 6.46. The fourth-order valence-corrected chi connectivity index (χ4v) is 3.36. The van der Waals surface area contributed by atoms with Gasteiger partial charge in [-0.25, -0.2) is 0 Å². The molecule has 1 fully saturated rings. The number of nitrogens with zero attached hydrogens (tertiary/aromatic N) is 3. The van der Waals surface area contributed by atoms with Crippen LogP contribution in [0.25, 0.3) is 11.3 Å². The number of carbonyl (C=O) groups is 2. The van der Waals surface area contributed by atoms with Crippen molar-refractivity contribution >= 4 is 11.8 Å². The fraction of sp³-hybridized carbons (Fsp3) is 0.450. The van der Waals surface area contributed by atoms with Crippen LogP contribution in [0, 0.1) is 0 Å². The molecule has 1 N–H and O–H groups in total. The molecule has 1 aliphatic rings. The molecule has 1 saturated heterocycles. The molecule has 156 valence electrons. The fourth-order valence-electron chi connectivity index (χ4n) is 3.36. The average Bonchev–Trinajstić information content (AvgIpc) is 3.30. The van der Waals surface area contributed by atoms with Crippen LogP contribution < -0.4 is 5.32 Å². The van der Waals surface area contributed by atoms with Crippen LogP contribution in [0.15, 0.2) is 30.3 Å². The Morgan fingerprint density at radius 3 is 2.72 bits per heavy atom. The summed E-state index contributed by atoms with van der Waals surface area (Å²) in [7, 11) is 0. The minimum atomic E-state index is -4.44. The lowest BCUT2D eigenvalue weighted by Gasteiger charge is -2.14. The van der Waals surface area contributed by atoms with Crippen molar-refractivity contribution in [1.82, 2.24) is 20.0 Å². The first-order valence-corrected chi connectivity index (χ1v) is 9.61. The molecule has 1 aliphatic heterocycles. The van der Waals surface area contributed by atoms with Crippen LogP contribution in [0.2, 0.25) is 0 Å². The molecular weight excluding hydrogens is 385 g/mol. The summed E-state index contributed by atoms with van der Waals surface area (Å²) in [5.41, 5.74) is 0.199. The van der Waals surface area contributed by atoms with E-state index in [-0.39, 0.29) is 11.6 Å². The lowest BCUT2D eigenvalue weighted by atomic mass is 10.1. The van der Waals surface area contributed by atoms with Gasteiger partial charge in [0.05, 0.1) is 11.3 Å². The average molecular weight is 408 g/mol. The molecular formula is C20H23F3N4O2. The second-order valence-electron chi connectivity index (χ2n) is 6.90. The third-order valence-electron chi connectivity index (χ3n) is 4.86. The highest BCUT2D eigenvalue weighted by Crippen LogP contribution is 2.32. The Morgan fingerprint density at radius 1 is 1.28 bits per heavy atom. The third kappa shape index (κ3) is 4.96. The van der Waals surface area contributed by atoms with Gasteiger partial charge in [0.25, 0.3) is 5.91 Å². The smallest absolute Gasteiger partial charge is 0.351 e. The molecule has 0 unspecified atom stereocenters. The number of hydrogen-bond acceptors (Lipinski definition) is 3. The molecule has 0 saturated carbocycles. The molecule has 0 radical (unpaired) electrons. The quantitative estimate of drug-likeness (QED) is 0.715. The van der Waals surface area contributed by atoms with Gasteiger partial charge in [0.2, 0.25) is 5.91 Å². The molecule has 2 aromatic rings. The SMILES string of the molecule is CCn1nc(C(=O)NCCCN2CCCC2=O)cc1-c1cccc(C(F)(F)F)c1. The number of halogens is 3. The summed E-state index contributed by atoms with van der Waals surface area (Å²) in [6.45, 7) is 3.96. The lowest BCUT2D eigenvalue weighted by molar-refractivity contribution is -0.137. The van der Waals surface area contributed by atoms with Gasteiger partial charge in [-0.1, -0.05) is 12.1 Å². The second kappa shape index (κ2) is 8.67. The van der Waals surface area contributed by atoms with Crippen LogP contribution >= 0.6 is 0 Å². The Morgan fingerprint density at radius 2 is 2.07 bits per heavy atom. The minimum Gasteiger partial charge on any atom is -0.351 e. The van der Waals surface area contributed by atoms with E-state index < -0.39 is 17.6 Å². The number of aryl methyl sites for hydroxylation is 1. The molecule has 2 heterocycles. The van der Waals surface area contributed by atoms with Crippen molar-refractivity contribution in [3.8, 4) is 11.3 Å². The summed E-state index contributed by atoms with van der Waals surface area (Å²) < 4.78 is 40.5. The molecule has 29 heavy (non-hydrogen) atoms. The number of amides is 2. The van der Waals surface area contributed by atoms with Crippen molar-refractivity contribution in [1.29, 1.82) is 0 Å². The van der Waals surface area contributed by atoms with Crippen molar-refractivity contribution in [2.24, 2.45) is 0 Å². The first-order chi connectivity index (χ1) is 13.8. The normalized spacial score (nSPS) is 14.5. The predicted molar refractivity (Wildman–Crippen MR) is 101 cm³/mol. The van der Waals surface area contributed by atoms with Crippen LogP contribution in [0.3, 0.4) is 0 Å². The Bertz CT molecular complexity index is 892. The van der Waals surface area contributed by atoms with Crippen molar-refractivity contribution in [2.75, 3.05) is 19.6 Å². The number of alkyl halides is 3. The van der Waals surface area contributed by atoms with E-state index in [2.05, 4.69) is 10.4 Å². The largest absolute Gasteiger partial charge is 0.416 e. The zero-order valence-corrected chi connectivity index (χ0v) is 16.1. The van der Waals surface area contributed by atoms with Crippen molar-refractivity contribution in [2.45, 2.75) is 38.9 Å². The second-order valence-corrected chi connectivity index (χ2v) is 6.90. The molecule has 1 aromatic carbocycles. The predicted octanol–water partition coefficient (Wildman–Crippen LogP) is 3.33. The lowest BCUT2D eigenvalue weighted by Crippen LogP contribution is -2.30. The first kappa shape index (κ1) is 20.9. The van der Waals surface area contributed by atoms with E-state index >= 15 is 0 Å². The van der Waals surface area contributed by atoms with E-state index in [0.717, 1.165) is 25.1 Å².